The molecule has 1 rings (SSSR count). The molecule has 0 aliphatic heterocycles. The molecule has 0 amide bonds. The average molecular weight is 514 g/mol. The van der Waals surface area contributed by atoms with Crippen LogP contribution in [0.5, 0.6) is 0 Å². The van der Waals surface area contributed by atoms with Gasteiger partial charge in [-0.15, -0.1) is 0 Å². The van der Waals surface area contributed by atoms with Gasteiger partial charge in [0.15, 0.2) is 8.32 Å². The molecule has 1 aromatic rings. The SMILES string of the molecule is CC(C)(C)[Si](C)(C)OCCc1nc(Br)c(Br)n1COCC[Si](C)(C)C. The zero-order valence-corrected chi connectivity index (χ0v) is 22.2. The summed E-state index contributed by atoms with van der Waals surface area (Å²) in [5.74, 6) is 0.991. The lowest BCUT2D eigenvalue weighted by Gasteiger charge is -2.36. The van der Waals surface area contributed by atoms with E-state index in [0.717, 1.165) is 28.1 Å². The molecule has 0 radical (unpaired) electrons. The maximum absolute atomic E-state index is 6.29. The van der Waals surface area contributed by atoms with E-state index in [1.807, 2.05) is 0 Å². The van der Waals surface area contributed by atoms with E-state index in [0.29, 0.717) is 13.3 Å². The molecule has 25 heavy (non-hydrogen) atoms. The lowest BCUT2D eigenvalue weighted by atomic mass is 10.2. The molecule has 0 fully saturated rings. The summed E-state index contributed by atoms with van der Waals surface area (Å²) in [6, 6.07) is 1.17. The number of halogens is 2. The first kappa shape index (κ1) is 23.6. The van der Waals surface area contributed by atoms with E-state index in [2.05, 4.69) is 94.9 Å². The summed E-state index contributed by atoms with van der Waals surface area (Å²) >= 11 is 7.12. The molecule has 8 heteroatoms. The minimum Gasteiger partial charge on any atom is -0.416 e. The van der Waals surface area contributed by atoms with Crippen LogP contribution in [0.15, 0.2) is 9.21 Å². The first-order valence-electron chi connectivity index (χ1n) is 8.87. The van der Waals surface area contributed by atoms with E-state index in [4.69, 9.17) is 9.16 Å². The molecule has 0 unspecified atom stereocenters. The monoisotopic (exact) mass is 512 g/mol. The van der Waals surface area contributed by atoms with Gasteiger partial charge < -0.3 is 9.16 Å². The summed E-state index contributed by atoms with van der Waals surface area (Å²) in [7, 11) is -2.79. The Morgan fingerprint density at radius 2 is 1.64 bits per heavy atom. The van der Waals surface area contributed by atoms with Crippen molar-refractivity contribution in [1.82, 2.24) is 9.55 Å². The van der Waals surface area contributed by atoms with Crippen LogP contribution in [0.1, 0.15) is 26.6 Å². The molecule has 0 aromatic carbocycles. The number of rotatable bonds is 9. The van der Waals surface area contributed by atoms with Crippen LogP contribution in [0.4, 0.5) is 0 Å². The fourth-order valence-corrected chi connectivity index (χ4v) is 4.53. The minimum atomic E-state index is -1.72. The quantitative estimate of drug-likeness (QED) is 0.287. The fourth-order valence-electron chi connectivity index (χ4n) is 1.91. The largest absolute Gasteiger partial charge is 0.416 e. The second-order valence-electron chi connectivity index (χ2n) is 9.24. The van der Waals surface area contributed by atoms with E-state index in [-0.39, 0.29) is 5.04 Å². The van der Waals surface area contributed by atoms with Crippen molar-refractivity contribution in [3.8, 4) is 0 Å². The van der Waals surface area contributed by atoms with Crippen molar-refractivity contribution in [2.75, 3.05) is 13.2 Å². The van der Waals surface area contributed by atoms with Gasteiger partial charge in [0.05, 0.1) is 0 Å². The number of nitrogens with zero attached hydrogens (tertiary/aromatic N) is 2. The number of imidazole rings is 1. The first-order chi connectivity index (χ1) is 11.2. The molecule has 1 aromatic heterocycles. The zero-order valence-electron chi connectivity index (χ0n) is 17.0. The van der Waals surface area contributed by atoms with Gasteiger partial charge in [-0.2, -0.15) is 0 Å². The highest BCUT2D eigenvalue weighted by atomic mass is 79.9. The molecule has 0 aliphatic rings. The third-order valence-electron chi connectivity index (χ3n) is 4.76. The van der Waals surface area contributed by atoms with Gasteiger partial charge in [0, 0.05) is 27.7 Å². The first-order valence-corrected chi connectivity index (χ1v) is 17.1. The van der Waals surface area contributed by atoms with Crippen molar-refractivity contribution in [3.05, 3.63) is 15.0 Å². The van der Waals surface area contributed by atoms with Gasteiger partial charge in [-0.05, 0) is 56.0 Å². The Kier molecular flexibility index (Phi) is 8.62. The fraction of sp³-hybridized carbons (Fsp3) is 0.824. The van der Waals surface area contributed by atoms with Crippen molar-refractivity contribution < 1.29 is 9.16 Å². The van der Waals surface area contributed by atoms with Crippen LogP contribution in [0, 0.1) is 0 Å². The summed E-state index contributed by atoms with van der Waals surface area (Å²) in [6.07, 6.45) is 0.786. The molecule has 0 saturated heterocycles. The van der Waals surface area contributed by atoms with Gasteiger partial charge in [0.2, 0.25) is 0 Å². The lowest BCUT2D eigenvalue weighted by Crippen LogP contribution is -2.41. The summed E-state index contributed by atoms with van der Waals surface area (Å²) in [6.45, 7) is 20.5. The number of ether oxygens (including phenoxy) is 1. The minimum absolute atomic E-state index is 0.226. The van der Waals surface area contributed by atoms with E-state index in [1.54, 1.807) is 0 Å². The second kappa shape index (κ2) is 9.14. The van der Waals surface area contributed by atoms with E-state index >= 15 is 0 Å². The standard InChI is InChI=1S/C17H34Br2N2O2Si2/c1-17(2,3)25(7,8)23-10-9-14-20-15(18)16(19)21(14)13-22-11-12-24(4,5)6/h9-13H2,1-8H3. The number of aromatic nitrogens is 2. The van der Waals surface area contributed by atoms with E-state index < -0.39 is 16.4 Å². The van der Waals surface area contributed by atoms with Gasteiger partial charge in [-0.25, -0.2) is 4.98 Å². The molecule has 0 N–H and O–H groups in total. The lowest BCUT2D eigenvalue weighted by molar-refractivity contribution is 0.0831. The molecule has 0 atom stereocenters. The third kappa shape index (κ3) is 7.58. The third-order valence-corrected chi connectivity index (χ3v) is 12.9. The van der Waals surface area contributed by atoms with E-state index in [9.17, 15) is 0 Å². The molecule has 0 saturated carbocycles. The Bertz CT molecular complexity index is 564. The Hall–Kier alpha value is 0.524. The van der Waals surface area contributed by atoms with Crippen LogP contribution >= 0.6 is 31.9 Å². The zero-order chi connectivity index (χ0) is 19.5. The number of hydrogen-bond acceptors (Lipinski definition) is 3. The average Bonchev–Trinajstić information content (AvgIpc) is 2.68. The molecule has 4 nitrogen and oxygen atoms in total. The van der Waals surface area contributed by atoms with E-state index in [1.165, 1.54) is 6.04 Å². The maximum atomic E-state index is 6.29. The van der Waals surface area contributed by atoms with Crippen LogP contribution in [0.2, 0.25) is 43.8 Å². The molecular formula is C17H34Br2N2O2Si2. The van der Waals surface area contributed by atoms with Gasteiger partial charge >= 0.3 is 0 Å². The topological polar surface area (TPSA) is 36.3 Å². The predicted molar refractivity (Wildman–Crippen MR) is 119 cm³/mol. The Morgan fingerprint density at radius 1 is 1.04 bits per heavy atom. The van der Waals surface area contributed by atoms with Gasteiger partial charge in [-0.3, -0.25) is 4.57 Å². The smallest absolute Gasteiger partial charge is 0.191 e. The molecule has 0 bridgehead atoms. The maximum Gasteiger partial charge on any atom is 0.191 e. The van der Waals surface area contributed by atoms with Crippen molar-refractivity contribution in [2.45, 2.75) is 77.7 Å². The highest BCUT2D eigenvalue weighted by Crippen LogP contribution is 2.36. The molecule has 1 heterocycles. The predicted octanol–water partition coefficient (Wildman–Crippen LogP) is 6.28. The summed E-state index contributed by atoms with van der Waals surface area (Å²) in [5, 5.41) is 0.226. The molecule has 146 valence electrons. The highest BCUT2D eigenvalue weighted by molar-refractivity contribution is 9.13. The Morgan fingerprint density at radius 3 is 2.16 bits per heavy atom. The summed E-state index contributed by atoms with van der Waals surface area (Å²) in [4.78, 5) is 4.62. The van der Waals surface area contributed by atoms with Crippen LogP contribution in [-0.4, -0.2) is 39.2 Å². The summed E-state index contributed by atoms with van der Waals surface area (Å²) in [5.41, 5.74) is 0. The van der Waals surface area contributed by atoms with Crippen LogP contribution < -0.4 is 0 Å². The molecular weight excluding hydrogens is 480 g/mol. The van der Waals surface area contributed by atoms with Crippen molar-refractivity contribution in [2.24, 2.45) is 0 Å². The van der Waals surface area contributed by atoms with Gasteiger partial charge in [-0.1, -0.05) is 40.4 Å². The Labute approximate surface area is 172 Å². The van der Waals surface area contributed by atoms with Gasteiger partial charge in [0.25, 0.3) is 0 Å². The second-order valence-corrected chi connectivity index (χ2v) is 21.2. The highest BCUT2D eigenvalue weighted by Gasteiger charge is 2.37. The molecule has 0 aliphatic carbocycles. The van der Waals surface area contributed by atoms with Crippen LogP contribution in [-0.2, 0) is 22.3 Å². The molecule has 0 spiro atoms. The van der Waals surface area contributed by atoms with Crippen LogP contribution in [0.3, 0.4) is 0 Å². The van der Waals surface area contributed by atoms with Crippen molar-refractivity contribution in [3.63, 3.8) is 0 Å². The summed E-state index contributed by atoms with van der Waals surface area (Å²) < 4.78 is 16.0. The van der Waals surface area contributed by atoms with Crippen LogP contribution in [0.25, 0.3) is 0 Å². The van der Waals surface area contributed by atoms with Gasteiger partial charge in [0.1, 0.15) is 21.8 Å². The Balaban J connectivity index is 2.64. The van der Waals surface area contributed by atoms with Crippen molar-refractivity contribution >= 4 is 48.3 Å². The number of hydrogen-bond donors (Lipinski definition) is 0. The van der Waals surface area contributed by atoms with Crippen molar-refractivity contribution in [1.29, 1.82) is 0 Å². The normalized spacial score (nSPS) is 13.5.